The second kappa shape index (κ2) is 12.4. The van der Waals surface area contributed by atoms with Gasteiger partial charge in [-0.25, -0.2) is 4.79 Å². The third kappa shape index (κ3) is 8.39. The Bertz CT molecular complexity index is 922. The van der Waals surface area contributed by atoms with Crippen molar-refractivity contribution in [2.45, 2.75) is 58.4 Å². The highest BCUT2D eigenvalue weighted by molar-refractivity contribution is 6.41. The molecular formula is C24H34BN3O6. The largest absolute Gasteiger partial charge is 0.497 e. The first-order chi connectivity index (χ1) is 16.0. The number of ether oxygens (including phenoxy) is 2. The molecule has 2 amide bonds. The molecule has 0 unspecified atom stereocenters. The molecule has 1 aromatic rings. The minimum Gasteiger partial charge on any atom is -0.497 e. The summed E-state index contributed by atoms with van der Waals surface area (Å²) in [5.41, 5.74) is 0.387. The lowest BCUT2D eigenvalue weighted by Gasteiger charge is -2.35. The van der Waals surface area contributed by atoms with Gasteiger partial charge in [-0.05, 0) is 42.4 Å². The molecule has 0 spiro atoms. The third-order valence-corrected chi connectivity index (χ3v) is 5.46. The van der Waals surface area contributed by atoms with E-state index in [0.717, 1.165) is 12.8 Å². The van der Waals surface area contributed by atoms with Gasteiger partial charge in [0.1, 0.15) is 24.0 Å². The quantitative estimate of drug-likeness (QED) is 0.302. The van der Waals surface area contributed by atoms with Crippen LogP contribution in [0.5, 0.6) is 5.75 Å². The fraction of sp³-hybridized carbons (Fsp3) is 0.542. The Morgan fingerprint density at radius 1 is 1.35 bits per heavy atom. The Labute approximate surface area is 201 Å². The number of piperidine rings is 1. The smallest absolute Gasteiger partial charge is 0.453 e. The van der Waals surface area contributed by atoms with Crippen LogP contribution in [-0.2, 0) is 9.53 Å². The molecule has 184 valence electrons. The number of nitrogens with one attached hydrogen (secondary N) is 1. The average Bonchev–Trinajstić information content (AvgIpc) is 2.79. The Hall–Kier alpha value is -3.03. The number of benzene rings is 1. The van der Waals surface area contributed by atoms with E-state index in [-0.39, 0.29) is 35.9 Å². The molecule has 34 heavy (non-hydrogen) atoms. The zero-order valence-electron chi connectivity index (χ0n) is 20.3. The van der Waals surface area contributed by atoms with Crippen LogP contribution in [0.3, 0.4) is 0 Å². The van der Waals surface area contributed by atoms with Crippen LogP contribution in [0.25, 0.3) is 0 Å². The molecule has 0 aromatic heterocycles. The van der Waals surface area contributed by atoms with Crippen LogP contribution in [0.2, 0.25) is 6.32 Å². The second-order valence-electron chi connectivity index (χ2n) is 9.47. The molecule has 3 N–H and O–H groups in total. The van der Waals surface area contributed by atoms with Crippen molar-refractivity contribution in [2.24, 2.45) is 5.41 Å². The first kappa shape index (κ1) is 27.2. The molecule has 0 saturated carbocycles. The van der Waals surface area contributed by atoms with E-state index in [2.05, 4.69) is 5.32 Å². The van der Waals surface area contributed by atoms with E-state index < -0.39 is 19.3 Å². The van der Waals surface area contributed by atoms with E-state index in [0.29, 0.717) is 24.3 Å². The summed E-state index contributed by atoms with van der Waals surface area (Å²) in [5, 5.41) is 31.1. The number of amides is 2. The molecule has 9 nitrogen and oxygen atoms in total. The molecule has 10 heteroatoms. The lowest BCUT2D eigenvalue weighted by molar-refractivity contribution is -0.131. The maximum Gasteiger partial charge on any atom is 0.453 e. The molecule has 0 bridgehead atoms. The summed E-state index contributed by atoms with van der Waals surface area (Å²) in [4.78, 5) is 27.2. The van der Waals surface area contributed by atoms with Gasteiger partial charge in [-0.1, -0.05) is 39.0 Å². The predicted octanol–water partition coefficient (Wildman–Crippen LogP) is 2.81. The molecule has 1 aliphatic rings. The zero-order valence-corrected chi connectivity index (χ0v) is 20.3. The van der Waals surface area contributed by atoms with Gasteiger partial charge < -0.3 is 29.7 Å². The highest BCUT2D eigenvalue weighted by Gasteiger charge is 2.31. The van der Waals surface area contributed by atoms with E-state index >= 15 is 0 Å². The number of nitriles is 1. The highest BCUT2D eigenvalue weighted by atomic mass is 16.5. The molecule has 0 aliphatic carbocycles. The van der Waals surface area contributed by atoms with Crippen molar-refractivity contribution in [1.82, 2.24) is 10.2 Å². The first-order valence-electron chi connectivity index (χ1n) is 11.4. The van der Waals surface area contributed by atoms with Gasteiger partial charge in [0.25, 0.3) is 5.91 Å². The molecular weight excluding hydrogens is 437 g/mol. The van der Waals surface area contributed by atoms with E-state index in [1.165, 1.54) is 7.11 Å². The normalized spacial score (nSPS) is 17.4. The summed E-state index contributed by atoms with van der Waals surface area (Å²) in [6.07, 6.45) is 3.13. The topological polar surface area (TPSA) is 132 Å². The number of methoxy groups -OCH3 is 1. The van der Waals surface area contributed by atoms with Gasteiger partial charge >= 0.3 is 13.2 Å². The lowest BCUT2D eigenvalue weighted by Crippen LogP contribution is -2.47. The monoisotopic (exact) mass is 471 g/mol. The van der Waals surface area contributed by atoms with Crippen molar-refractivity contribution >= 4 is 19.1 Å². The fourth-order valence-electron chi connectivity index (χ4n) is 3.87. The number of carbonyl (C=O) groups is 2. The molecule has 1 heterocycles. The van der Waals surface area contributed by atoms with Gasteiger partial charge in [-0.15, -0.1) is 0 Å². The summed E-state index contributed by atoms with van der Waals surface area (Å²) in [6.45, 7) is 6.21. The van der Waals surface area contributed by atoms with E-state index in [1.54, 1.807) is 35.2 Å². The number of allylic oxidation sites excluding steroid dienone is 1. The Morgan fingerprint density at radius 3 is 2.71 bits per heavy atom. The van der Waals surface area contributed by atoms with Crippen LogP contribution >= 0.6 is 0 Å². The summed E-state index contributed by atoms with van der Waals surface area (Å²) >= 11 is 0. The standard InChI is InChI=1S/C24H34BN3O6/c1-24(2,3)13-18(15-26)22(29)28-11-6-5-9-19(28)16-34-23(30)27-21(14-25(31)32)17-8-7-10-20(12-17)33-4/h7-8,10,12-13,19,21,31-32H,5-6,9,11,14,16H2,1-4H3,(H,27,30)/t19-,21-/m1/s1. The van der Waals surface area contributed by atoms with Crippen LogP contribution < -0.4 is 10.1 Å². The van der Waals surface area contributed by atoms with Gasteiger partial charge in [0.05, 0.1) is 19.2 Å². The van der Waals surface area contributed by atoms with Crippen molar-refractivity contribution in [1.29, 1.82) is 5.26 Å². The van der Waals surface area contributed by atoms with Crippen molar-refractivity contribution in [3.05, 3.63) is 41.5 Å². The van der Waals surface area contributed by atoms with Crippen LogP contribution in [0.15, 0.2) is 35.9 Å². The Balaban J connectivity index is 2.07. The number of alkyl carbamates (subject to hydrolysis) is 1. The Morgan fingerprint density at radius 2 is 2.09 bits per heavy atom. The third-order valence-electron chi connectivity index (χ3n) is 5.46. The SMILES string of the molecule is COc1cccc([C@@H](CB(O)O)NC(=O)OC[C@H]2CCCCN2C(=O)C(C#N)=CC(C)(C)C)c1. The second-order valence-corrected chi connectivity index (χ2v) is 9.47. The number of carbonyl (C=O) groups excluding carboxylic acids is 2. The molecule has 1 fully saturated rings. The van der Waals surface area contributed by atoms with E-state index in [4.69, 9.17) is 9.47 Å². The van der Waals surface area contributed by atoms with Crippen molar-refractivity contribution < 1.29 is 29.1 Å². The van der Waals surface area contributed by atoms with Gasteiger partial charge in [-0.3, -0.25) is 4.79 Å². The lowest BCUT2D eigenvalue weighted by atomic mass is 9.79. The average molecular weight is 471 g/mol. The Kier molecular flexibility index (Phi) is 9.96. The number of hydrogen-bond acceptors (Lipinski definition) is 7. The van der Waals surface area contributed by atoms with Gasteiger partial charge in [0.2, 0.25) is 0 Å². The van der Waals surface area contributed by atoms with E-state index in [1.807, 2.05) is 26.8 Å². The first-order valence-corrected chi connectivity index (χ1v) is 11.4. The van der Waals surface area contributed by atoms with Gasteiger partial charge in [-0.2, -0.15) is 5.26 Å². The van der Waals surface area contributed by atoms with Crippen LogP contribution in [0.1, 0.15) is 51.6 Å². The summed E-state index contributed by atoms with van der Waals surface area (Å²) < 4.78 is 10.6. The molecule has 0 radical (unpaired) electrons. The zero-order chi connectivity index (χ0) is 25.3. The van der Waals surface area contributed by atoms with E-state index in [9.17, 15) is 24.9 Å². The highest BCUT2D eigenvalue weighted by Crippen LogP contribution is 2.25. The fourth-order valence-corrected chi connectivity index (χ4v) is 3.87. The number of likely N-dealkylation sites (tertiary alicyclic amines) is 1. The minimum atomic E-state index is -1.64. The van der Waals surface area contributed by atoms with Gasteiger partial charge in [0, 0.05) is 12.9 Å². The maximum atomic E-state index is 13.0. The minimum absolute atomic E-state index is 0.0295. The maximum absolute atomic E-state index is 13.0. The number of rotatable bonds is 8. The van der Waals surface area contributed by atoms with Gasteiger partial charge in [0.15, 0.2) is 0 Å². The summed E-state index contributed by atoms with van der Waals surface area (Å²) in [5.74, 6) is 0.210. The predicted molar refractivity (Wildman–Crippen MR) is 128 cm³/mol. The summed E-state index contributed by atoms with van der Waals surface area (Å²) in [6, 6.07) is 7.86. The molecule has 2 rings (SSSR count). The number of nitrogens with zero attached hydrogens (tertiary/aromatic N) is 2. The molecule has 1 aliphatic heterocycles. The summed E-state index contributed by atoms with van der Waals surface area (Å²) in [7, 11) is -0.121. The van der Waals surface area contributed by atoms with Crippen LogP contribution in [0.4, 0.5) is 4.79 Å². The molecule has 1 aromatic carbocycles. The van der Waals surface area contributed by atoms with Crippen molar-refractivity contribution in [3.63, 3.8) is 0 Å². The molecule has 1 saturated heterocycles. The van der Waals surface area contributed by atoms with Crippen LogP contribution in [-0.4, -0.2) is 60.4 Å². The number of hydrogen-bond donors (Lipinski definition) is 3. The van der Waals surface area contributed by atoms with Crippen molar-refractivity contribution in [3.8, 4) is 11.8 Å². The van der Waals surface area contributed by atoms with Crippen molar-refractivity contribution in [2.75, 3.05) is 20.3 Å². The van der Waals surface area contributed by atoms with Crippen LogP contribution in [0, 0.1) is 16.7 Å². The molecule has 2 atom stereocenters.